The molecule has 0 saturated heterocycles. The minimum atomic E-state index is -0.518. The van der Waals surface area contributed by atoms with Gasteiger partial charge in [0.15, 0.2) is 0 Å². The van der Waals surface area contributed by atoms with Crippen LogP contribution in [0, 0.1) is 5.92 Å². The molecular weight excluding hydrogens is 216 g/mol. The SMILES string of the molecule is CCCC1CC1(O)c1csc2ccccc12. The second-order valence-corrected chi connectivity index (χ2v) is 5.67. The molecule has 84 valence electrons. The average Bonchev–Trinajstić information content (AvgIpc) is 2.78. The molecule has 0 radical (unpaired) electrons. The smallest absolute Gasteiger partial charge is 0.0943 e. The first kappa shape index (κ1) is 10.3. The predicted molar refractivity (Wildman–Crippen MR) is 68.7 cm³/mol. The van der Waals surface area contributed by atoms with Gasteiger partial charge in [-0.1, -0.05) is 31.5 Å². The highest BCUT2D eigenvalue weighted by Crippen LogP contribution is 2.56. The molecule has 2 unspecified atom stereocenters. The van der Waals surface area contributed by atoms with Crippen LogP contribution in [0.1, 0.15) is 31.7 Å². The Kier molecular flexibility index (Phi) is 2.30. The fourth-order valence-electron chi connectivity index (χ4n) is 2.65. The first-order valence-corrected chi connectivity index (χ1v) is 6.82. The van der Waals surface area contributed by atoms with Gasteiger partial charge in [0.25, 0.3) is 0 Å². The van der Waals surface area contributed by atoms with Gasteiger partial charge >= 0.3 is 0 Å². The third-order valence-corrected chi connectivity index (χ3v) is 4.62. The van der Waals surface area contributed by atoms with Crippen LogP contribution < -0.4 is 0 Å². The lowest BCUT2D eigenvalue weighted by molar-refractivity contribution is 0.131. The number of aliphatic hydroxyl groups is 1. The Morgan fingerprint density at radius 3 is 3.06 bits per heavy atom. The van der Waals surface area contributed by atoms with E-state index in [9.17, 15) is 5.11 Å². The highest BCUT2D eigenvalue weighted by molar-refractivity contribution is 7.17. The molecule has 16 heavy (non-hydrogen) atoms. The summed E-state index contributed by atoms with van der Waals surface area (Å²) in [5.74, 6) is 0.482. The van der Waals surface area contributed by atoms with Crippen LogP contribution in [-0.2, 0) is 5.60 Å². The van der Waals surface area contributed by atoms with Gasteiger partial charge < -0.3 is 5.11 Å². The van der Waals surface area contributed by atoms with Gasteiger partial charge in [-0.25, -0.2) is 0 Å². The van der Waals surface area contributed by atoms with E-state index in [4.69, 9.17) is 0 Å². The van der Waals surface area contributed by atoms with Crippen LogP contribution in [0.15, 0.2) is 29.6 Å². The van der Waals surface area contributed by atoms with Crippen LogP contribution in [-0.4, -0.2) is 5.11 Å². The molecule has 2 aromatic rings. The Morgan fingerprint density at radius 2 is 2.25 bits per heavy atom. The van der Waals surface area contributed by atoms with E-state index >= 15 is 0 Å². The molecule has 1 aliphatic carbocycles. The first-order chi connectivity index (χ1) is 7.75. The molecule has 0 amide bonds. The largest absolute Gasteiger partial charge is 0.385 e. The zero-order chi connectivity index (χ0) is 11.2. The zero-order valence-electron chi connectivity index (χ0n) is 9.44. The number of thiophene rings is 1. The summed E-state index contributed by atoms with van der Waals surface area (Å²) in [6.07, 6.45) is 3.25. The molecule has 0 spiro atoms. The summed E-state index contributed by atoms with van der Waals surface area (Å²) in [7, 11) is 0. The van der Waals surface area contributed by atoms with Crippen LogP contribution in [0.5, 0.6) is 0 Å². The zero-order valence-corrected chi connectivity index (χ0v) is 10.3. The van der Waals surface area contributed by atoms with Crippen molar-refractivity contribution in [1.82, 2.24) is 0 Å². The summed E-state index contributed by atoms with van der Waals surface area (Å²) < 4.78 is 1.29. The minimum Gasteiger partial charge on any atom is -0.385 e. The van der Waals surface area contributed by atoms with Crippen molar-refractivity contribution >= 4 is 21.4 Å². The van der Waals surface area contributed by atoms with E-state index in [1.54, 1.807) is 11.3 Å². The summed E-state index contributed by atoms with van der Waals surface area (Å²) in [6.45, 7) is 2.18. The summed E-state index contributed by atoms with van der Waals surface area (Å²) in [5, 5.41) is 14.0. The predicted octanol–water partition coefficient (Wildman–Crippen LogP) is 3.91. The van der Waals surface area contributed by atoms with Crippen molar-refractivity contribution in [2.45, 2.75) is 31.8 Å². The molecule has 1 saturated carbocycles. The van der Waals surface area contributed by atoms with Crippen molar-refractivity contribution in [1.29, 1.82) is 0 Å². The van der Waals surface area contributed by atoms with Crippen molar-refractivity contribution < 1.29 is 5.11 Å². The van der Waals surface area contributed by atoms with Gasteiger partial charge in [-0.3, -0.25) is 0 Å². The lowest BCUT2D eigenvalue weighted by Gasteiger charge is -2.09. The van der Waals surface area contributed by atoms with E-state index in [0.29, 0.717) is 5.92 Å². The number of hydrogen-bond acceptors (Lipinski definition) is 2. The normalized spacial score (nSPS) is 28.5. The third kappa shape index (κ3) is 1.40. The molecule has 2 atom stereocenters. The Bertz CT molecular complexity index is 516. The topological polar surface area (TPSA) is 20.2 Å². The highest BCUT2D eigenvalue weighted by atomic mass is 32.1. The van der Waals surface area contributed by atoms with Crippen LogP contribution in [0.25, 0.3) is 10.1 Å². The molecule has 0 bridgehead atoms. The molecule has 3 rings (SSSR count). The molecule has 2 heteroatoms. The molecule has 0 aliphatic heterocycles. The molecule has 1 aliphatic rings. The van der Waals surface area contributed by atoms with Crippen molar-refractivity contribution in [3.8, 4) is 0 Å². The number of fused-ring (bicyclic) bond motifs is 1. The van der Waals surface area contributed by atoms with Crippen LogP contribution in [0.4, 0.5) is 0 Å². The lowest BCUT2D eigenvalue weighted by atomic mass is 10.0. The van der Waals surface area contributed by atoms with Gasteiger partial charge in [-0.05, 0) is 35.6 Å². The third-order valence-electron chi connectivity index (χ3n) is 3.66. The summed E-state index contributed by atoms with van der Waals surface area (Å²) in [6, 6.07) is 8.37. The standard InChI is InChI=1S/C14H16OS/c1-2-5-10-8-14(10,15)12-9-16-13-7-4-3-6-11(12)13/h3-4,6-7,9-10,15H,2,5,8H2,1H3. The number of rotatable bonds is 3. The summed E-state index contributed by atoms with van der Waals surface area (Å²) >= 11 is 1.74. The van der Waals surface area contributed by atoms with E-state index in [-0.39, 0.29) is 0 Å². The van der Waals surface area contributed by atoms with E-state index in [1.807, 2.05) is 0 Å². The van der Waals surface area contributed by atoms with Gasteiger partial charge in [-0.2, -0.15) is 0 Å². The monoisotopic (exact) mass is 232 g/mol. The average molecular weight is 232 g/mol. The molecule has 1 aromatic carbocycles. The Balaban J connectivity index is 2.01. The van der Waals surface area contributed by atoms with E-state index in [2.05, 4.69) is 36.6 Å². The molecule has 1 heterocycles. The maximum Gasteiger partial charge on any atom is 0.0943 e. The van der Waals surface area contributed by atoms with Crippen molar-refractivity contribution in [3.05, 3.63) is 35.2 Å². The van der Waals surface area contributed by atoms with Crippen LogP contribution >= 0.6 is 11.3 Å². The molecule has 1 nitrogen and oxygen atoms in total. The number of hydrogen-bond donors (Lipinski definition) is 1. The van der Waals surface area contributed by atoms with E-state index in [0.717, 1.165) is 24.8 Å². The van der Waals surface area contributed by atoms with Gasteiger partial charge in [0.2, 0.25) is 0 Å². The molecule has 1 fully saturated rings. The Morgan fingerprint density at radius 1 is 1.44 bits per heavy atom. The molecular formula is C14H16OS. The first-order valence-electron chi connectivity index (χ1n) is 5.95. The second-order valence-electron chi connectivity index (χ2n) is 4.76. The fourth-order valence-corrected chi connectivity index (χ4v) is 3.69. The summed E-state index contributed by atoms with van der Waals surface area (Å²) in [5.41, 5.74) is 0.641. The van der Waals surface area contributed by atoms with Gasteiger partial charge in [0, 0.05) is 10.3 Å². The van der Waals surface area contributed by atoms with Gasteiger partial charge in [0.1, 0.15) is 0 Å². The van der Waals surface area contributed by atoms with E-state index < -0.39 is 5.60 Å². The van der Waals surface area contributed by atoms with Gasteiger partial charge in [0.05, 0.1) is 5.60 Å². The minimum absolute atomic E-state index is 0.482. The van der Waals surface area contributed by atoms with Gasteiger partial charge in [-0.15, -0.1) is 11.3 Å². The molecule has 1 N–H and O–H groups in total. The fraction of sp³-hybridized carbons (Fsp3) is 0.429. The van der Waals surface area contributed by atoms with Crippen molar-refractivity contribution in [3.63, 3.8) is 0 Å². The van der Waals surface area contributed by atoms with Crippen molar-refractivity contribution in [2.24, 2.45) is 5.92 Å². The van der Waals surface area contributed by atoms with Crippen LogP contribution in [0.2, 0.25) is 0 Å². The quantitative estimate of drug-likeness (QED) is 0.850. The van der Waals surface area contributed by atoms with Crippen LogP contribution in [0.3, 0.4) is 0 Å². The molecule has 1 aromatic heterocycles. The summed E-state index contributed by atoms with van der Waals surface area (Å²) in [4.78, 5) is 0. The maximum absolute atomic E-state index is 10.6. The lowest BCUT2D eigenvalue weighted by Crippen LogP contribution is -2.07. The second kappa shape index (κ2) is 3.57. The number of benzene rings is 1. The Hall–Kier alpha value is -0.860. The highest BCUT2D eigenvalue weighted by Gasteiger charge is 2.54. The maximum atomic E-state index is 10.6. The Labute approximate surface area is 99.7 Å². The van der Waals surface area contributed by atoms with Crippen molar-refractivity contribution in [2.75, 3.05) is 0 Å². The van der Waals surface area contributed by atoms with E-state index in [1.165, 1.54) is 10.1 Å².